The van der Waals surface area contributed by atoms with Gasteiger partial charge in [-0.15, -0.1) is 0 Å². The maximum absolute atomic E-state index is 12.4. The Morgan fingerprint density at radius 2 is 1.93 bits per heavy atom. The number of nitrogens with one attached hydrogen (secondary N) is 2. The summed E-state index contributed by atoms with van der Waals surface area (Å²) in [6.07, 6.45) is 3.58. The van der Waals surface area contributed by atoms with Crippen molar-refractivity contribution in [2.24, 2.45) is 10.4 Å². The second kappa shape index (κ2) is 7.07. The van der Waals surface area contributed by atoms with Crippen molar-refractivity contribution in [3.63, 3.8) is 0 Å². The molecule has 7 nitrogen and oxygen atoms in total. The van der Waals surface area contributed by atoms with E-state index in [9.17, 15) is 9.59 Å². The van der Waals surface area contributed by atoms with Crippen molar-refractivity contribution in [2.75, 3.05) is 6.54 Å². The molecule has 1 fully saturated rings. The molecule has 2 amide bonds. The van der Waals surface area contributed by atoms with Gasteiger partial charge in [0.2, 0.25) is 0 Å². The van der Waals surface area contributed by atoms with E-state index in [1.165, 1.54) is 6.20 Å². The highest BCUT2D eigenvalue weighted by atomic mass is 16.2. The lowest BCUT2D eigenvalue weighted by molar-refractivity contribution is 0.0844. The number of benzene rings is 1. The fraction of sp³-hybridized carbons (Fsp3) is 0.333. The first kappa shape index (κ1) is 18.2. The van der Waals surface area contributed by atoms with Crippen LogP contribution in [0.25, 0.3) is 0 Å². The first-order chi connectivity index (χ1) is 13.4. The third-order valence-corrected chi connectivity index (χ3v) is 5.15. The van der Waals surface area contributed by atoms with Crippen molar-refractivity contribution in [3.8, 4) is 0 Å². The van der Waals surface area contributed by atoms with E-state index in [1.54, 1.807) is 30.3 Å². The van der Waals surface area contributed by atoms with Crippen molar-refractivity contribution < 1.29 is 9.59 Å². The van der Waals surface area contributed by atoms with Gasteiger partial charge in [-0.05, 0) is 41.7 Å². The van der Waals surface area contributed by atoms with Crippen LogP contribution in [-0.2, 0) is 6.54 Å². The van der Waals surface area contributed by atoms with Crippen LogP contribution < -0.4 is 10.9 Å². The molecule has 0 spiro atoms. The standard InChI is InChI=1S/C21H23N5O2/c1-21(2)9-8-18-23-17-11-14(6-7-15(17)12-26(18)13-21)19(27)24-25-20(28)16-5-3-4-10-22-16/h3-7,10-11H,8-9,12-13H2,1-2H3,(H,24,27)(H,25,28). The molecule has 1 saturated heterocycles. The van der Waals surface area contributed by atoms with E-state index in [1.807, 2.05) is 6.07 Å². The topological polar surface area (TPSA) is 86.7 Å². The first-order valence-corrected chi connectivity index (χ1v) is 9.38. The van der Waals surface area contributed by atoms with Crippen LogP contribution in [0, 0.1) is 5.41 Å². The van der Waals surface area contributed by atoms with Gasteiger partial charge in [0.05, 0.1) is 5.69 Å². The van der Waals surface area contributed by atoms with Crippen LogP contribution >= 0.6 is 0 Å². The highest BCUT2D eigenvalue weighted by Gasteiger charge is 2.32. The minimum atomic E-state index is -0.465. The molecule has 1 aromatic heterocycles. The highest BCUT2D eigenvalue weighted by Crippen LogP contribution is 2.36. The zero-order valence-electron chi connectivity index (χ0n) is 16.0. The number of hydrogen-bond donors (Lipinski definition) is 2. The van der Waals surface area contributed by atoms with Gasteiger partial charge in [0.15, 0.2) is 0 Å². The Labute approximate surface area is 163 Å². The summed E-state index contributed by atoms with van der Waals surface area (Å²) in [6.45, 7) is 6.38. The number of pyridine rings is 1. The van der Waals surface area contributed by atoms with Crippen LogP contribution in [0.1, 0.15) is 53.1 Å². The average molecular weight is 377 g/mol. The first-order valence-electron chi connectivity index (χ1n) is 9.38. The van der Waals surface area contributed by atoms with E-state index in [-0.39, 0.29) is 11.6 Å². The molecule has 0 saturated carbocycles. The summed E-state index contributed by atoms with van der Waals surface area (Å²) in [6, 6.07) is 10.5. The van der Waals surface area contributed by atoms with Crippen LogP contribution in [0.3, 0.4) is 0 Å². The normalized spacial score (nSPS) is 17.1. The molecule has 2 aliphatic rings. The van der Waals surface area contributed by atoms with Crippen molar-refractivity contribution in [1.82, 2.24) is 20.7 Å². The molecule has 0 unspecified atom stereocenters. The predicted octanol–water partition coefficient (Wildman–Crippen LogP) is 2.82. The molecule has 0 radical (unpaired) electrons. The van der Waals surface area contributed by atoms with Crippen molar-refractivity contribution >= 4 is 23.3 Å². The maximum atomic E-state index is 12.4. The highest BCUT2D eigenvalue weighted by molar-refractivity contribution is 5.99. The molecule has 0 bridgehead atoms. The monoisotopic (exact) mass is 377 g/mol. The molecule has 4 rings (SSSR count). The fourth-order valence-electron chi connectivity index (χ4n) is 3.60. The van der Waals surface area contributed by atoms with Crippen LogP contribution in [0.5, 0.6) is 0 Å². The van der Waals surface area contributed by atoms with Crippen molar-refractivity contribution in [3.05, 3.63) is 59.4 Å². The number of aromatic nitrogens is 1. The van der Waals surface area contributed by atoms with E-state index in [4.69, 9.17) is 4.99 Å². The van der Waals surface area contributed by atoms with Gasteiger partial charge in [-0.25, -0.2) is 4.99 Å². The predicted molar refractivity (Wildman–Crippen MR) is 106 cm³/mol. The molecule has 2 aromatic rings. The van der Waals surface area contributed by atoms with Gasteiger partial charge < -0.3 is 4.90 Å². The summed E-state index contributed by atoms with van der Waals surface area (Å²) in [5, 5.41) is 0. The largest absolute Gasteiger partial charge is 0.355 e. The number of nitrogens with zero attached hydrogens (tertiary/aromatic N) is 3. The molecule has 0 atom stereocenters. The van der Waals surface area contributed by atoms with Gasteiger partial charge in [-0.2, -0.15) is 0 Å². The number of carbonyl (C=O) groups is 2. The Balaban J connectivity index is 1.45. The molecule has 28 heavy (non-hydrogen) atoms. The van der Waals surface area contributed by atoms with Crippen LogP contribution in [0.4, 0.5) is 5.69 Å². The van der Waals surface area contributed by atoms with Crippen molar-refractivity contribution in [1.29, 1.82) is 0 Å². The summed E-state index contributed by atoms with van der Waals surface area (Å²) < 4.78 is 0. The third-order valence-electron chi connectivity index (χ3n) is 5.15. The summed E-state index contributed by atoms with van der Waals surface area (Å²) >= 11 is 0. The van der Waals surface area contributed by atoms with E-state index in [0.29, 0.717) is 11.0 Å². The Morgan fingerprint density at radius 1 is 1.11 bits per heavy atom. The summed E-state index contributed by atoms with van der Waals surface area (Å²) in [5.74, 6) is 0.236. The van der Waals surface area contributed by atoms with Gasteiger partial charge in [0.25, 0.3) is 11.8 Å². The van der Waals surface area contributed by atoms with E-state index < -0.39 is 5.91 Å². The molecule has 0 aliphatic carbocycles. The summed E-state index contributed by atoms with van der Waals surface area (Å²) in [7, 11) is 0. The molecule has 2 N–H and O–H groups in total. The van der Waals surface area contributed by atoms with Gasteiger partial charge in [-0.1, -0.05) is 26.0 Å². The van der Waals surface area contributed by atoms with Gasteiger partial charge in [-0.3, -0.25) is 25.4 Å². The Kier molecular flexibility index (Phi) is 4.58. The Bertz CT molecular complexity index is 953. The molecule has 7 heteroatoms. The minimum Gasteiger partial charge on any atom is -0.355 e. The molecule has 2 aliphatic heterocycles. The van der Waals surface area contributed by atoms with Crippen LogP contribution in [0.15, 0.2) is 47.6 Å². The summed E-state index contributed by atoms with van der Waals surface area (Å²) in [5.41, 5.74) is 7.74. The molecule has 1 aromatic carbocycles. The number of amidine groups is 1. The Morgan fingerprint density at radius 3 is 2.71 bits per heavy atom. The smallest absolute Gasteiger partial charge is 0.288 e. The summed E-state index contributed by atoms with van der Waals surface area (Å²) in [4.78, 5) is 35.5. The third kappa shape index (κ3) is 3.74. The average Bonchev–Trinajstić information content (AvgIpc) is 2.70. The number of rotatable bonds is 2. The van der Waals surface area contributed by atoms with Gasteiger partial charge in [0.1, 0.15) is 11.5 Å². The molecular formula is C21H23N5O2. The van der Waals surface area contributed by atoms with E-state index in [2.05, 4.69) is 34.6 Å². The number of fused-ring (bicyclic) bond motifs is 2. The number of hydrazine groups is 1. The SMILES string of the molecule is CC1(C)CCC2=Nc3cc(C(=O)NNC(=O)c4ccccn4)ccc3CN2C1. The minimum absolute atomic E-state index is 0.236. The van der Waals surface area contributed by atoms with E-state index >= 15 is 0 Å². The van der Waals surface area contributed by atoms with Gasteiger partial charge >= 0.3 is 0 Å². The molecule has 144 valence electrons. The fourth-order valence-corrected chi connectivity index (χ4v) is 3.60. The molecular weight excluding hydrogens is 354 g/mol. The second-order valence-electron chi connectivity index (χ2n) is 8.02. The lowest BCUT2D eigenvalue weighted by atomic mass is 9.83. The number of carbonyl (C=O) groups excluding carboxylic acids is 2. The number of piperidine rings is 1. The molecule has 3 heterocycles. The number of hydrogen-bond acceptors (Lipinski definition) is 5. The zero-order valence-corrected chi connectivity index (χ0v) is 16.0. The quantitative estimate of drug-likeness (QED) is 0.788. The number of amides is 2. The maximum Gasteiger partial charge on any atom is 0.288 e. The lowest BCUT2D eigenvalue weighted by Gasteiger charge is -2.42. The van der Waals surface area contributed by atoms with E-state index in [0.717, 1.165) is 43.0 Å². The number of aliphatic imine (C=N–C) groups is 1. The van der Waals surface area contributed by atoms with Crippen LogP contribution in [0.2, 0.25) is 0 Å². The van der Waals surface area contributed by atoms with Crippen LogP contribution in [-0.4, -0.2) is 34.1 Å². The van der Waals surface area contributed by atoms with Gasteiger partial charge in [0, 0.05) is 31.3 Å². The Hall–Kier alpha value is -3.22. The van der Waals surface area contributed by atoms with Crippen molar-refractivity contribution in [2.45, 2.75) is 33.2 Å². The second-order valence-corrected chi connectivity index (χ2v) is 8.02. The lowest BCUT2D eigenvalue weighted by Crippen LogP contribution is -2.44. The zero-order chi connectivity index (χ0) is 19.7.